The summed E-state index contributed by atoms with van der Waals surface area (Å²) in [6, 6.07) is 19.7. The zero-order valence-corrected chi connectivity index (χ0v) is 19.2. The third kappa shape index (κ3) is 7.24. The standard InChI is InChI=1S/C24H21Cl2N3O4/c1-32-22-12-17(8-10-21(22)33-15-18-7-9-19(25)20(26)11-18)14-28-29-24(31)23(30)27-13-16-5-3-2-4-6-16/h2-12,14H,13,15H2,1H3,(H,27,30)(H,29,31)/b28-14-. The minimum Gasteiger partial charge on any atom is -0.493 e. The number of benzene rings is 3. The lowest BCUT2D eigenvalue weighted by Gasteiger charge is -2.11. The molecule has 3 aromatic rings. The number of carbonyl (C=O) groups is 2. The largest absolute Gasteiger partial charge is 0.493 e. The van der Waals surface area contributed by atoms with Gasteiger partial charge in [0.05, 0.1) is 23.4 Å². The predicted molar refractivity (Wildman–Crippen MR) is 128 cm³/mol. The molecule has 0 aliphatic heterocycles. The first kappa shape index (κ1) is 24.1. The molecule has 7 nitrogen and oxygen atoms in total. The number of nitrogens with zero attached hydrogens (tertiary/aromatic N) is 1. The minimum absolute atomic E-state index is 0.248. The summed E-state index contributed by atoms with van der Waals surface area (Å²) in [5.41, 5.74) is 4.57. The molecule has 3 aromatic carbocycles. The van der Waals surface area contributed by atoms with Gasteiger partial charge in [0.25, 0.3) is 0 Å². The van der Waals surface area contributed by atoms with Gasteiger partial charge in [0.2, 0.25) is 0 Å². The number of carbonyl (C=O) groups excluding carboxylic acids is 2. The summed E-state index contributed by atoms with van der Waals surface area (Å²) >= 11 is 12.0. The molecule has 0 heterocycles. The summed E-state index contributed by atoms with van der Waals surface area (Å²) in [6.45, 7) is 0.520. The average Bonchev–Trinajstić information content (AvgIpc) is 2.84. The molecule has 9 heteroatoms. The van der Waals surface area contributed by atoms with Crippen molar-refractivity contribution in [1.82, 2.24) is 10.7 Å². The molecule has 0 aromatic heterocycles. The summed E-state index contributed by atoms with van der Waals surface area (Å²) in [5.74, 6) is -0.647. The van der Waals surface area contributed by atoms with Gasteiger partial charge in [-0.05, 0) is 47.0 Å². The van der Waals surface area contributed by atoms with E-state index in [1.54, 1.807) is 30.3 Å². The number of hydrogen-bond donors (Lipinski definition) is 2. The molecule has 0 aliphatic carbocycles. The van der Waals surface area contributed by atoms with Crippen LogP contribution in [0.5, 0.6) is 11.5 Å². The maximum atomic E-state index is 11.9. The van der Waals surface area contributed by atoms with Crippen LogP contribution >= 0.6 is 23.2 Å². The Morgan fingerprint density at radius 2 is 1.70 bits per heavy atom. The van der Waals surface area contributed by atoms with Crippen molar-refractivity contribution < 1.29 is 19.1 Å². The van der Waals surface area contributed by atoms with E-state index in [0.717, 1.165) is 11.1 Å². The molecule has 0 saturated heterocycles. The first-order chi connectivity index (χ1) is 16.0. The molecule has 2 amide bonds. The van der Waals surface area contributed by atoms with Crippen molar-refractivity contribution in [3.8, 4) is 11.5 Å². The second-order valence-electron chi connectivity index (χ2n) is 6.81. The van der Waals surface area contributed by atoms with Gasteiger partial charge in [-0.25, -0.2) is 5.43 Å². The Hall–Kier alpha value is -3.55. The molecule has 0 atom stereocenters. The van der Waals surface area contributed by atoms with Crippen LogP contribution in [-0.2, 0) is 22.7 Å². The molecule has 170 valence electrons. The molecule has 33 heavy (non-hydrogen) atoms. The van der Waals surface area contributed by atoms with Crippen molar-refractivity contribution in [2.24, 2.45) is 5.10 Å². The van der Waals surface area contributed by atoms with Crippen molar-refractivity contribution in [3.63, 3.8) is 0 Å². The van der Waals surface area contributed by atoms with Gasteiger partial charge in [0.1, 0.15) is 6.61 Å². The smallest absolute Gasteiger partial charge is 0.329 e. The SMILES string of the molecule is COc1cc(/C=N\NC(=O)C(=O)NCc2ccccc2)ccc1OCc1ccc(Cl)c(Cl)c1. The van der Waals surface area contributed by atoms with E-state index in [1.807, 2.05) is 36.4 Å². The van der Waals surface area contributed by atoms with Crippen LogP contribution < -0.4 is 20.2 Å². The second kappa shape index (κ2) is 11.9. The molecular formula is C24H21Cl2N3O4. The summed E-state index contributed by atoms with van der Waals surface area (Å²) < 4.78 is 11.2. The monoisotopic (exact) mass is 485 g/mol. The van der Waals surface area contributed by atoms with Crippen molar-refractivity contribution in [2.75, 3.05) is 7.11 Å². The molecule has 0 bridgehead atoms. The Labute approximate surface area is 201 Å². The zero-order chi connectivity index (χ0) is 23.6. The second-order valence-corrected chi connectivity index (χ2v) is 7.63. The van der Waals surface area contributed by atoms with Gasteiger partial charge in [0, 0.05) is 6.54 Å². The Morgan fingerprint density at radius 1 is 0.909 bits per heavy atom. The lowest BCUT2D eigenvalue weighted by Crippen LogP contribution is -2.37. The van der Waals surface area contributed by atoms with E-state index in [-0.39, 0.29) is 13.2 Å². The summed E-state index contributed by atoms with van der Waals surface area (Å²) in [5, 5.41) is 7.28. The summed E-state index contributed by atoms with van der Waals surface area (Å²) in [4.78, 5) is 23.8. The van der Waals surface area contributed by atoms with Crippen molar-refractivity contribution >= 4 is 41.2 Å². The fourth-order valence-electron chi connectivity index (χ4n) is 2.75. The van der Waals surface area contributed by atoms with Crippen LogP contribution in [0.25, 0.3) is 0 Å². The predicted octanol–water partition coefficient (Wildman–Crippen LogP) is 4.35. The van der Waals surface area contributed by atoms with Crippen LogP contribution in [0.1, 0.15) is 16.7 Å². The lowest BCUT2D eigenvalue weighted by atomic mass is 10.2. The lowest BCUT2D eigenvalue weighted by molar-refractivity contribution is -0.139. The number of nitrogens with one attached hydrogen (secondary N) is 2. The number of hydrazone groups is 1. The van der Waals surface area contributed by atoms with Crippen LogP contribution in [0.3, 0.4) is 0 Å². The summed E-state index contributed by atoms with van der Waals surface area (Å²) in [7, 11) is 1.52. The Kier molecular flexibility index (Phi) is 8.69. The van der Waals surface area contributed by atoms with Gasteiger partial charge < -0.3 is 14.8 Å². The highest BCUT2D eigenvalue weighted by Gasteiger charge is 2.12. The summed E-state index contributed by atoms with van der Waals surface area (Å²) in [6.07, 6.45) is 1.40. The molecule has 3 rings (SSSR count). The first-order valence-corrected chi connectivity index (χ1v) is 10.6. The third-order valence-corrected chi connectivity index (χ3v) is 5.19. The Balaban J connectivity index is 1.53. The van der Waals surface area contributed by atoms with Crippen LogP contribution in [0.15, 0.2) is 71.8 Å². The number of halogens is 2. The fraction of sp³-hybridized carbons (Fsp3) is 0.125. The maximum absolute atomic E-state index is 11.9. The van der Waals surface area contributed by atoms with Gasteiger partial charge in [-0.3, -0.25) is 9.59 Å². The zero-order valence-electron chi connectivity index (χ0n) is 17.7. The van der Waals surface area contributed by atoms with E-state index < -0.39 is 11.8 Å². The van der Waals surface area contributed by atoms with Gasteiger partial charge in [-0.2, -0.15) is 5.10 Å². The number of amides is 2. The minimum atomic E-state index is -0.865. The Morgan fingerprint density at radius 3 is 2.42 bits per heavy atom. The fourth-order valence-corrected chi connectivity index (χ4v) is 3.07. The molecule has 0 fully saturated rings. The molecule has 0 spiro atoms. The Bertz CT molecular complexity index is 1150. The molecule has 0 radical (unpaired) electrons. The van der Waals surface area contributed by atoms with Gasteiger partial charge >= 0.3 is 11.8 Å². The topological polar surface area (TPSA) is 89.0 Å². The van der Waals surface area contributed by atoms with E-state index in [2.05, 4.69) is 15.8 Å². The van der Waals surface area contributed by atoms with Gasteiger partial charge in [-0.15, -0.1) is 0 Å². The normalized spacial score (nSPS) is 10.6. The average molecular weight is 486 g/mol. The maximum Gasteiger partial charge on any atom is 0.329 e. The highest BCUT2D eigenvalue weighted by molar-refractivity contribution is 6.42. The number of methoxy groups -OCH3 is 1. The number of ether oxygens (including phenoxy) is 2. The van der Waals surface area contributed by atoms with Crippen LogP contribution in [0, 0.1) is 0 Å². The number of rotatable bonds is 8. The van der Waals surface area contributed by atoms with Crippen LogP contribution in [-0.4, -0.2) is 25.1 Å². The molecule has 0 saturated carbocycles. The van der Waals surface area contributed by atoms with E-state index in [4.69, 9.17) is 32.7 Å². The van der Waals surface area contributed by atoms with Gasteiger partial charge in [0.15, 0.2) is 11.5 Å². The van der Waals surface area contributed by atoms with E-state index in [1.165, 1.54) is 13.3 Å². The van der Waals surface area contributed by atoms with Gasteiger partial charge in [-0.1, -0.05) is 59.6 Å². The highest BCUT2D eigenvalue weighted by atomic mass is 35.5. The van der Waals surface area contributed by atoms with E-state index in [9.17, 15) is 9.59 Å². The first-order valence-electron chi connectivity index (χ1n) is 9.86. The molecule has 2 N–H and O–H groups in total. The number of hydrogen-bond acceptors (Lipinski definition) is 5. The van der Waals surface area contributed by atoms with Crippen molar-refractivity contribution in [3.05, 3.63) is 93.5 Å². The van der Waals surface area contributed by atoms with E-state index in [0.29, 0.717) is 27.1 Å². The van der Waals surface area contributed by atoms with Crippen LogP contribution in [0.4, 0.5) is 0 Å². The van der Waals surface area contributed by atoms with Crippen molar-refractivity contribution in [2.45, 2.75) is 13.2 Å². The quantitative estimate of drug-likeness (QED) is 0.282. The van der Waals surface area contributed by atoms with Crippen molar-refractivity contribution in [1.29, 1.82) is 0 Å². The molecular weight excluding hydrogens is 465 g/mol. The molecule has 0 aliphatic rings. The highest BCUT2D eigenvalue weighted by Crippen LogP contribution is 2.29. The van der Waals surface area contributed by atoms with Crippen LogP contribution in [0.2, 0.25) is 10.0 Å². The molecule has 0 unspecified atom stereocenters. The third-order valence-electron chi connectivity index (χ3n) is 4.45. The van der Waals surface area contributed by atoms with E-state index >= 15 is 0 Å².